The molecular weight excluding hydrogens is 844 g/mol. The van der Waals surface area contributed by atoms with E-state index in [1.165, 1.54) is 302 Å². The summed E-state index contributed by atoms with van der Waals surface area (Å²) in [5, 5.41) is 0. The molecule has 0 aliphatic heterocycles. The number of hydrogen-bond acceptors (Lipinski definition) is 4. The maximum atomic E-state index is 10.2. The van der Waals surface area contributed by atoms with Gasteiger partial charge in [-0.05, 0) is 32.1 Å². The number of quaternary nitrogens is 2. The van der Waals surface area contributed by atoms with E-state index < -0.39 is 7.82 Å². The summed E-state index contributed by atoms with van der Waals surface area (Å²) >= 11 is 0. The maximum absolute atomic E-state index is 10.2. The van der Waals surface area contributed by atoms with Gasteiger partial charge in [0.25, 0.3) is 0 Å². The van der Waals surface area contributed by atoms with Crippen LogP contribution in [0.25, 0.3) is 0 Å². The Morgan fingerprint density at radius 2 is 0.418 bits per heavy atom. The first-order chi connectivity index (χ1) is 32.2. The standard InChI is InChI=1S/2C21H46N.C18H39O4P/c2*1-5-6-7-8-9-10-11-12-13-14-15-16-17-18-19-20-21-22(2,3)4;1-2-3-4-5-6-7-8-9-10-11-12-13-14-15-16-17-18-22-23(19,20)21/h2*5-21H2,1-4H3;2-18H2,1H3,(H2,19,20,21)/q2*+1;/p-2. The van der Waals surface area contributed by atoms with Gasteiger partial charge < -0.3 is 27.8 Å². The number of phosphoric acid groups is 1. The highest BCUT2D eigenvalue weighted by atomic mass is 31.2. The molecule has 0 radical (unpaired) electrons. The highest BCUT2D eigenvalue weighted by molar-refractivity contribution is 7.43. The first-order valence-corrected chi connectivity index (χ1v) is 31.9. The predicted octanol–water partition coefficient (Wildman–Crippen LogP) is 19.0. The minimum Gasteiger partial charge on any atom is -0.790 e. The topological polar surface area (TPSA) is 72.4 Å². The molecule has 6 nitrogen and oxygen atoms in total. The molecule has 0 aromatic carbocycles. The lowest BCUT2D eigenvalue weighted by Gasteiger charge is -2.28. The average molecular weight is 974 g/mol. The Hall–Kier alpha value is 0.0300. The molecule has 67 heavy (non-hydrogen) atoms. The van der Waals surface area contributed by atoms with Crippen LogP contribution in [-0.2, 0) is 9.09 Å². The van der Waals surface area contributed by atoms with Crippen LogP contribution in [0.4, 0.5) is 0 Å². The molecule has 0 unspecified atom stereocenters. The van der Waals surface area contributed by atoms with Crippen molar-refractivity contribution >= 4 is 7.82 Å². The van der Waals surface area contributed by atoms with E-state index in [-0.39, 0.29) is 6.61 Å². The first-order valence-electron chi connectivity index (χ1n) is 30.5. The minimum atomic E-state index is -4.76. The van der Waals surface area contributed by atoms with Crippen molar-refractivity contribution in [1.82, 2.24) is 0 Å². The summed E-state index contributed by atoms with van der Waals surface area (Å²) in [4.78, 5) is 20.5. The zero-order chi connectivity index (χ0) is 50.3. The summed E-state index contributed by atoms with van der Waals surface area (Å²) in [5.41, 5.74) is 0. The lowest BCUT2D eigenvalue weighted by Crippen LogP contribution is -2.35. The molecule has 0 aliphatic rings. The second-order valence-electron chi connectivity index (χ2n) is 23.2. The second-order valence-corrected chi connectivity index (χ2v) is 24.4. The van der Waals surface area contributed by atoms with Gasteiger partial charge in [0.1, 0.15) is 0 Å². The Labute approximate surface area is 424 Å². The lowest BCUT2D eigenvalue weighted by atomic mass is 10.0. The molecule has 0 atom stereocenters. The summed E-state index contributed by atoms with van der Waals surface area (Å²) in [6.07, 6.45) is 67.1. The van der Waals surface area contributed by atoms with Gasteiger partial charge in [0.05, 0.1) is 69.8 Å². The molecule has 0 heterocycles. The molecule has 0 amide bonds. The van der Waals surface area contributed by atoms with Crippen molar-refractivity contribution in [3.05, 3.63) is 0 Å². The van der Waals surface area contributed by atoms with Crippen molar-refractivity contribution in [2.45, 2.75) is 329 Å². The zero-order valence-corrected chi connectivity index (χ0v) is 48.9. The number of phosphoric ester groups is 1. The monoisotopic (exact) mass is 973 g/mol. The van der Waals surface area contributed by atoms with Crippen LogP contribution in [0.15, 0.2) is 0 Å². The van der Waals surface area contributed by atoms with Crippen molar-refractivity contribution in [2.75, 3.05) is 62.0 Å². The molecule has 0 aliphatic carbocycles. The van der Waals surface area contributed by atoms with Crippen LogP contribution >= 0.6 is 7.82 Å². The zero-order valence-electron chi connectivity index (χ0n) is 48.0. The Bertz CT molecular complexity index is 884. The van der Waals surface area contributed by atoms with Crippen molar-refractivity contribution < 1.29 is 27.8 Å². The van der Waals surface area contributed by atoms with E-state index in [0.717, 1.165) is 21.8 Å². The quantitative estimate of drug-likeness (QED) is 0.0346. The fraction of sp³-hybridized carbons (Fsp3) is 1.00. The smallest absolute Gasteiger partial charge is 0.0780 e. The summed E-state index contributed by atoms with van der Waals surface area (Å²) < 4.78 is 16.7. The molecule has 0 fully saturated rings. The molecule has 0 rings (SSSR count). The van der Waals surface area contributed by atoms with Crippen LogP contribution in [0.2, 0.25) is 0 Å². The Morgan fingerprint density at radius 3 is 0.567 bits per heavy atom. The SMILES string of the molecule is CCCCCCCCCCCCCCCCCCOP(=O)([O-])[O-].CCCCCCCCCCCCCCCCCC[N+](C)(C)C.CCCCCCCCCCCCCCCCCC[N+](C)(C)C. The van der Waals surface area contributed by atoms with Gasteiger partial charge in [0, 0.05) is 0 Å². The number of hydrogen-bond donors (Lipinski definition) is 0. The van der Waals surface area contributed by atoms with Gasteiger partial charge in [-0.25, -0.2) is 0 Å². The summed E-state index contributed by atoms with van der Waals surface area (Å²) in [6.45, 7) is 9.56. The van der Waals surface area contributed by atoms with Gasteiger partial charge in [0.2, 0.25) is 0 Å². The van der Waals surface area contributed by atoms with Crippen LogP contribution in [0.3, 0.4) is 0 Å². The van der Waals surface area contributed by atoms with E-state index in [1.807, 2.05) is 0 Å². The van der Waals surface area contributed by atoms with E-state index >= 15 is 0 Å². The molecule has 0 N–H and O–H groups in total. The third-order valence-electron chi connectivity index (χ3n) is 13.6. The van der Waals surface area contributed by atoms with Crippen LogP contribution < -0.4 is 9.79 Å². The molecular formula is C60H129N2O4P. The number of rotatable bonds is 52. The Kier molecular flexibility index (Phi) is 60.6. The van der Waals surface area contributed by atoms with Crippen molar-refractivity contribution in [2.24, 2.45) is 0 Å². The minimum absolute atomic E-state index is 0.0444. The third kappa shape index (κ3) is 80.4. The van der Waals surface area contributed by atoms with Crippen molar-refractivity contribution in [3.8, 4) is 0 Å². The molecule has 0 saturated heterocycles. The van der Waals surface area contributed by atoms with Gasteiger partial charge in [-0.1, -0.05) is 297 Å². The van der Waals surface area contributed by atoms with E-state index in [0.29, 0.717) is 6.42 Å². The second kappa shape index (κ2) is 56.9. The Balaban J connectivity index is -0.000000917. The summed E-state index contributed by atoms with van der Waals surface area (Å²) in [6, 6.07) is 0. The van der Waals surface area contributed by atoms with E-state index in [2.05, 4.69) is 67.6 Å². The van der Waals surface area contributed by atoms with Gasteiger partial charge >= 0.3 is 0 Å². The van der Waals surface area contributed by atoms with E-state index in [1.54, 1.807) is 0 Å². The fourth-order valence-corrected chi connectivity index (χ4v) is 9.45. The molecule has 408 valence electrons. The van der Waals surface area contributed by atoms with Crippen LogP contribution in [0.1, 0.15) is 329 Å². The summed E-state index contributed by atoms with van der Waals surface area (Å²) in [7, 11) is 9.03. The van der Waals surface area contributed by atoms with Crippen LogP contribution in [-0.4, -0.2) is 70.9 Å². The molecule has 0 saturated carbocycles. The highest BCUT2D eigenvalue weighted by Gasteiger charge is 2.06. The highest BCUT2D eigenvalue weighted by Crippen LogP contribution is 2.25. The van der Waals surface area contributed by atoms with Gasteiger partial charge in [0.15, 0.2) is 0 Å². The van der Waals surface area contributed by atoms with Crippen LogP contribution in [0.5, 0.6) is 0 Å². The molecule has 0 spiro atoms. The average Bonchev–Trinajstić information content (AvgIpc) is 3.26. The van der Waals surface area contributed by atoms with E-state index in [4.69, 9.17) is 0 Å². The summed E-state index contributed by atoms with van der Waals surface area (Å²) in [5.74, 6) is 0. The van der Waals surface area contributed by atoms with Crippen LogP contribution in [0, 0.1) is 0 Å². The largest absolute Gasteiger partial charge is 0.790 e. The van der Waals surface area contributed by atoms with Gasteiger partial charge in [-0.3, -0.25) is 0 Å². The molecule has 7 heteroatoms. The Morgan fingerprint density at radius 1 is 0.269 bits per heavy atom. The molecule has 0 aromatic heterocycles. The first kappa shape index (κ1) is 71.3. The van der Waals surface area contributed by atoms with Gasteiger partial charge in [-0.2, -0.15) is 0 Å². The van der Waals surface area contributed by atoms with Gasteiger partial charge in [-0.15, -0.1) is 0 Å². The fourth-order valence-electron chi connectivity index (χ4n) is 9.09. The lowest BCUT2D eigenvalue weighted by molar-refractivity contribution is -0.870. The third-order valence-corrected chi connectivity index (χ3v) is 14.1. The normalized spacial score (nSPS) is 12.0. The number of nitrogens with zero attached hydrogens (tertiary/aromatic N) is 2. The maximum Gasteiger partial charge on any atom is 0.0780 e. The van der Waals surface area contributed by atoms with Crippen molar-refractivity contribution in [1.29, 1.82) is 0 Å². The number of unbranched alkanes of at least 4 members (excludes halogenated alkanes) is 45. The van der Waals surface area contributed by atoms with E-state index in [9.17, 15) is 14.4 Å². The molecule has 0 aromatic rings. The van der Waals surface area contributed by atoms with Crippen molar-refractivity contribution in [3.63, 3.8) is 0 Å². The molecule has 0 bridgehead atoms. The predicted molar refractivity (Wildman–Crippen MR) is 298 cm³/mol.